The SMILES string of the molecule is COC(=O)c1cc2c(c(C(=O)OC)c1C(=O)OC)C(=O)OC2. The van der Waals surface area contributed by atoms with Gasteiger partial charge in [0, 0.05) is 5.56 Å². The first-order chi connectivity index (χ1) is 10.5. The monoisotopic (exact) mass is 308 g/mol. The minimum Gasteiger partial charge on any atom is -0.465 e. The molecule has 0 N–H and O–H groups in total. The van der Waals surface area contributed by atoms with Gasteiger partial charge in [-0.05, 0) is 6.07 Å². The highest BCUT2D eigenvalue weighted by molar-refractivity contribution is 6.16. The first kappa shape index (κ1) is 15.5. The number of carbonyl (C=O) groups is 4. The van der Waals surface area contributed by atoms with Gasteiger partial charge in [0.15, 0.2) is 0 Å². The Morgan fingerprint density at radius 2 is 1.50 bits per heavy atom. The van der Waals surface area contributed by atoms with E-state index in [1.54, 1.807) is 0 Å². The molecule has 0 radical (unpaired) electrons. The number of hydrogen-bond donors (Lipinski definition) is 0. The molecule has 0 fully saturated rings. The number of fused-ring (bicyclic) bond motifs is 1. The molecule has 2 rings (SSSR count). The third-order valence-corrected chi connectivity index (χ3v) is 3.16. The highest BCUT2D eigenvalue weighted by atomic mass is 16.5. The maximum atomic E-state index is 12.0. The molecule has 8 heteroatoms. The second kappa shape index (κ2) is 5.84. The van der Waals surface area contributed by atoms with E-state index in [0.29, 0.717) is 5.56 Å². The van der Waals surface area contributed by atoms with Crippen LogP contribution >= 0.6 is 0 Å². The summed E-state index contributed by atoms with van der Waals surface area (Å²) in [6.07, 6.45) is 0. The van der Waals surface area contributed by atoms with Gasteiger partial charge in [0.05, 0.1) is 43.6 Å². The maximum Gasteiger partial charge on any atom is 0.339 e. The third kappa shape index (κ3) is 2.28. The molecule has 0 atom stereocenters. The second-order valence-corrected chi connectivity index (χ2v) is 4.26. The Labute approximate surface area is 124 Å². The molecule has 0 unspecified atom stereocenters. The summed E-state index contributed by atoms with van der Waals surface area (Å²) in [6.45, 7) is -0.121. The standard InChI is InChI=1S/C14H12O8/c1-19-11(15)7-4-6-5-22-14(18)8(6)10(13(17)21-3)9(7)12(16)20-2/h4H,5H2,1-3H3. The van der Waals surface area contributed by atoms with Crippen LogP contribution in [0, 0.1) is 0 Å². The van der Waals surface area contributed by atoms with E-state index in [1.165, 1.54) is 6.07 Å². The van der Waals surface area contributed by atoms with Crippen LogP contribution in [0.2, 0.25) is 0 Å². The number of esters is 4. The summed E-state index contributed by atoms with van der Waals surface area (Å²) in [7, 11) is 3.28. The summed E-state index contributed by atoms with van der Waals surface area (Å²) >= 11 is 0. The molecular weight excluding hydrogens is 296 g/mol. The van der Waals surface area contributed by atoms with Gasteiger partial charge >= 0.3 is 23.9 Å². The van der Waals surface area contributed by atoms with Gasteiger partial charge < -0.3 is 18.9 Å². The van der Waals surface area contributed by atoms with Gasteiger partial charge in [0.1, 0.15) is 6.61 Å². The third-order valence-electron chi connectivity index (χ3n) is 3.16. The van der Waals surface area contributed by atoms with E-state index in [-0.39, 0.29) is 28.9 Å². The molecule has 1 heterocycles. The average molecular weight is 308 g/mol. The number of ether oxygens (including phenoxy) is 4. The molecular formula is C14H12O8. The van der Waals surface area contributed by atoms with Crippen molar-refractivity contribution in [1.82, 2.24) is 0 Å². The Balaban J connectivity index is 2.89. The Morgan fingerprint density at radius 3 is 2.05 bits per heavy atom. The van der Waals surface area contributed by atoms with E-state index in [0.717, 1.165) is 21.3 Å². The van der Waals surface area contributed by atoms with Crippen LogP contribution in [0.25, 0.3) is 0 Å². The Hall–Kier alpha value is -2.90. The highest BCUT2D eigenvalue weighted by Crippen LogP contribution is 2.31. The van der Waals surface area contributed by atoms with Crippen molar-refractivity contribution in [2.75, 3.05) is 21.3 Å². The number of methoxy groups -OCH3 is 3. The van der Waals surface area contributed by atoms with Crippen LogP contribution in [-0.2, 0) is 25.6 Å². The minimum atomic E-state index is -0.969. The number of hydrogen-bond acceptors (Lipinski definition) is 8. The smallest absolute Gasteiger partial charge is 0.339 e. The van der Waals surface area contributed by atoms with Crippen molar-refractivity contribution in [2.24, 2.45) is 0 Å². The number of cyclic esters (lactones) is 1. The van der Waals surface area contributed by atoms with Gasteiger partial charge in [0.25, 0.3) is 0 Å². The predicted octanol–water partition coefficient (Wildman–Crippen LogP) is 0.717. The largest absolute Gasteiger partial charge is 0.465 e. The van der Waals surface area contributed by atoms with E-state index in [2.05, 4.69) is 14.2 Å². The van der Waals surface area contributed by atoms with Gasteiger partial charge in [0.2, 0.25) is 0 Å². The molecule has 116 valence electrons. The Bertz CT molecular complexity index is 689. The molecule has 0 spiro atoms. The van der Waals surface area contributed by atoms with E-state index < -0.39 is 23.9 Å². The molecule has 0 amide bonds. The summed E-state index contributed by atoms with van der Waals surface area (Å²) in [6, 6.07) is 1.27. The average Bonchev–Trinajstić information content (AvgIpc) is 2.91. The molecule has 1 aromatic carbocycles. The van der Waals surface area contributed by atoms with Crippen LogP contribution in [0.1, 0.15) is 47.0 Å². The normalized spacial score (nSPS) is 12.2. The van der Waals surface area contributed by atoms with Gasteiger partial charge in [-0.1, -0.05) is 0 Å². The molecule has 22 heavy (non-hydrogen) atoms. The zero-order valence-corrected chi connectivity index (χ0v) is 12.1. The van der Waals surface area contributed by atoms with Gasteiger partial charge in [-0.3, -0.25) is 0 Å². The van der Waals surface area contributed by atoms with E-state index in [4.69, 9.17) is 4.74 Å². The first-order valence-corrected chi connectivity index (χ1v) is 6.08. The van der Waals surface area contributed by atoms with Crippen LogP contribution in [0.15, 0.2) is 6.07 Å². The fourth-order valence-corrected chi connectivity index (χ4v) is 2.19. The zero-order valence-electron chi connectivity index (χ0n) is 12.1. The van der Waals surface area contributed by atoms with Crippen LogP contribution in [0.5, 0.6) is 0 Å². The van der Waals surface area contributed by atoms with Gasteiger partial charge in [-0.25, -0.2) is 19.2 Å². The predicted molar refractivity (Wildman–Crippen MR) is 69.6 cm³/mol. The summed E-state index contributed by atoms with van der Waals surface area (Å²) in [5.74, 6) is -3.56. The van der Waals surface area contributed by atoms with Crippen molar-refractivity contribution in [3.05, 3.63) is 33.9 Å². The number of rotatable bonds is 3. The Kier molecular flexibility index (Phi) is 4.11. The van der Waals surface area contributed by atoms with Gasteiger partial charge in [-0.2, -0.15) is 0 Å². The summed E-state index contributed by atoms with van der Waals surface area (Å²) in [5.41, 5.74) is -0.779. The molecule has 0 saturated carbocycles. The van der Waals surface area contributed by atoms with Crippen molar-refractivity contribution in [1.29, 1.82) is 0 Å². The molecule has 0 saturated heterocycles. The quantitative estimate of drug-likeness (QED) is 0.594. The minimum absolute atomic E-state index is 0.111. The highest BCUT2D eigenvalue weighted by Gasteiger charge is 2.37. The molecule has 1 aliphatic heterocycles. The van der Waals surface area contributed by atoms with Crippen molar-refractivity contribution in [3.63, 3.8) is 0 Å². The number of carbonyl (C=O) groups excluding carboxylic acids is 4. The van der Waals surface area contributed by atoms with Crippen molar-refractivity contribution in [2.45, 2.75) is 6.61 Å². The molecule has 1 aromatic rings. The van der Waals surface area contributed by atoms with Crippen LogP contribution in [0.3, 0.4) is 0 Å². The number of benzene rings is 1. The van der Waals surface area contributed by atoms with E-state index >= 15 is 0 Å². The molecule has 0 bridgehead atoms. The molecule has 1 aliphatic rings. The fourth-order valence-electron chi connectivity index (χ4n) is 2.19. The van der Waals surface area contributed by atoms with Crippen molar-refractivity contribution in [3.8, 4) is 0 Å². The van der Waals surface area contributed by atoms with E-state index in [1.807, 2.05) is 0 Å². The lowest BCUT2D eigenvalue weighted by atomic mass is 9.92. The Morgan fingerprint density at radius 1 is 0.955 bits per heavy atom. The van der Waals surface area contributed by atoms with Crippen molar-refractivity contribution >= 4 is 23.9 Å². The van der Waals surface area contributed by atoms with E-state index in [9.17, 15) is 19.2 Å². The topological polar surface area (TPSA) is 105 Å². The van der Waals surface area contributed by atoms with Crippen LogP contribution < -0.4 is 0 Å². The molecule has 8 nitrogen and oxygen atoms in total. The lowest BCUT2D eigenvalue weighted by molar-refractivity contribution is 0.0509. The second-order valence-electron chi connectivity index (χ2n) is 4.26. The fraction of sp³-hybridized carbons (Fsp3) is 0.286. The van der Waals surface area contributed by atoms with Crippen molar-refractivity contribution < 1.29 is 38.1 Å². The zero-order chi connectivity index (χ0) is 16.4. The lowest BCUT2D eigenvalue weighted by Gasteiger charge is -2.13. The molecule has 0 aliphatic carbocycles. The van der Waals surface area contributed by atoms with Crippen LogP contribution in [-0.4, -0.2) is 45.2 Å². The maximum absolute atomic E-state index is 12.0. The summed E-state index contributed by atoms with van der Waals surface area (Å²) < 4.78 is 18.6. The summed E-state index contributed by atoms with van der Waals surface area (Å²) in [5, 5.41) is 0. The first-order valence-electron chi connectivity index (χ1n) is 6.08. The van der Waals surface area contributed by atoms with Crippen LogP contribution in [0.4, 0.5) is 0 Å². The molecule has 0 aromatic heterocycles. The van der Waals surface area contributed by atoms with Gasteiger partial charge in [-0.15, -0.1) is 0 Å². The summed E-state index contributed by atoms with van der Waals surface area (Å²) in [4.78, 5) is 47.8. The lowest BCUT2D eigenvalue weighted by Crippen LogP contribution is -2.21.